The van der Waals surface area contributed by atoms with E-state index in [0.29, 0.717) is 17.6 Å². The maximum absolute atomic E-state index is 6.08. The lowest BCUT2D eigenvalue weighted by Gasteiger charge is -2.01. The van der Waals surface area contributed by atoms with Gasteiger partial charge in [-0.3, -0.25) is 0 Å². The Balaban J connectivity index is 1.63. The number of aryl methyl sites for hydroxylation is 2. The molecule has 2 aliphatic rings. The summed E-state index contributed by atoms with van der Waals surface area (Å²) in [6.45, 7) is 0. The molecule has 1 fully saturated rings. The summed E-state index contributed by atoms with van der Waals surface area (Å²) < 4.78 is 5.36. The number of fused-ring (bicyclic) bond motifs is 1. The number of hydrogen-bond acceptors (Lipinski definition) is 5. The Hall–Kier alpha value is -1.20. The zero-order valence-electron chi connectivity index (χ0n) is 10.1. The van der Waals surface area contributed by atoms with E-state index in [1.807, 2.05) is 0 Å². The van der Waals surface area contributed by atoms with Gasteiger partial charge in [0.1, 0.15) is 0 Å². The first-order valence-electron chi connectivity index (χ1n) is 6.52. The Bertz CT molecular complexity index is 563. The molecule has 0 bridgehead atoms. The van der Waals surface area contributed by atoms with Crippen LogP contribution >= 0.6 is 11.3 Å². The Morgan fingerprint density at radius 2 is 2.28 bits per heavy atom. The van der Waals surface area contributed by atoms with Crippen LogP contribution in [0.1, 0.15) is 41.6 Å². The Morgan fingerprint density at radius 1 is 1.39 bits per heavy atom. The van der Waals surface area contributed by atoms with Crippen LogP contribution < -0.4 is 5.73 Å². The van der Waals surface area contributed by atoms with Crippen LogP contribution in [0, 0.1) is 5.92 Å². The van der Waals surface area contributed by atoms with Crippen molar-refractivity contribution in [2.45, 2.75) is 38.1 Å². The van der Waals surface area contributed by atoms with Crippen molar-refractivity contribution in [1.29, 1.82) is 0 Å². The Kier molecular flexibility index (Phi) is 2.32. The van der Waals surface area contributed by atoms with Gasteiger partial charge in [-0.15, -0.1) is 11.3 Å². The SMILES string of the molecule is NC(c1noc(-c2cc3c(s2)CCC3)n1)C1CC1. The maximum Gasteiger partial charge on any atom is 0.268 e. The van der Waals surface area contributed by atoms with E-state index in [1.54, 1.807) is 11.3 Å². The minimum absolute atomic E-state index is 0.0469. The third kappa shape index (κ3) is 1.69. The third-order valence-electron chi connectivity index (χ3n) is 3.83. The lowest BCUT2D eigenvalue weighted by atomic mass is 10.2. The summed E-state index contributed by atoms with van der Waals surface area (Å²) in [5.74, 6) is 1.87. The molecule has 0 radical (unpaired) electrons. The predicted octanol–water partition coefficient (Wildman–Crippen LogP) is 2.70. The molecule has 5 heteroatoms. The van der Waals surface area contributed by atoms with Crippen molar-refractivity contribution < 1.29 is 4.52 Å². The summed E-state index contributed by atoms with van der Waals surface area (Å²) in [5.41, 5.74) is 7.54. The van der Waals surface area contributed by atoms with Gasteiger partial charge in [0.15, 0.2) is 5.82 Å². The first kappa shape index (κ1) is 10.7. The predicted molar refractivity (Wildman–Crippen MR) is 69.3 cm³/mol. The van der Waals surface area contributed by atoms with Gasteiger partial charge < -0.3 is 10.3 Å². The molecule has 0 saturated heterocycles. The highest BCUT2D eigenvalue weighted by Crippen LogP contribution is 2.40. The fourth-order valence-corrected chi connectivity index (χ4v) is 3.75. The molecule has 1 saturated carbocycles. The van der Waals surface area contributed by atoms with Crippen LogP contribution in [0.25, 0.3) is 10.8 Å². The van der Waals surface area contributed by atoms with Gasteiger partial charge in [-0.05, 0) is 49.7 Å². The largest absolute Gasteiger partial charge is 0.333 e. The van der Waals surface area contributed by atoms with Crippen LogP contribution in [0.15, 0.2) is 10.6 Å². The van der Waals surface area contributed by atoms with Crippen LogP contribution in [0.2, 0.25) is 0 Å². The number of rotatable bonds is 3. The second-order valence-electron chi connectivity index (χ2n) is 5.23. The van der Waals surface area contributed by atoms with Gasteiger partial charge in [0.2, 0.25) is 0 Å². The summed E-state index contributed by atoms with van der Waals surface area (Å²) in [6, 6.07) is 2.15. The average molecular weight is 261 g/mol. The van der Waals surface area contributed by atoms with Gasteiger partial charge in [0.25, 0.3) is 5.89 Å². The van der Waals surface area contributed by atoms with Crippen molar-refractivity contribution >= 4 is 11.3 Å². The zero-order chi connectivity index (χ0) is 12.1. The molecule has 2 N–H and O–H groups in total. The summed E-state index contributed by atoms with van der Waals surface area (Å²) in [6.07, 6.45) is 6.05. The molecule has 1 atom stereocenters. The number of aromatic nitrogens is 2. The molecule has 2 aromatic rings. The van der Waals surface area contributed by atoms with Crippen molar-refractivity contribution in [2.75, 3.05) is 0 Å². The van der Waals surface area contributed by atoms with Crippen LogP contribution in [0.3, 0.4) is 0 Å². The summed E-state index contributed by atoms with van der Waals surface area (Å²) in [7, 11) is 0. The highest BCUT2D eigenvalue weighted by Gasteiger charge is 2.33. The van der Waals surface area contributed by atoms with Gasteiger partial charge in [0.05, 0.1) is 10.9 Å². The lowest BCUT2D eigenvalue weighted by Crippen LogP contribution is -2.13. The number of hydrogen-bond donors (Lipinski definition) is 1. The molecule has 0 aliphatic heterocycles. The molecular formula is C13H15N3OS. The minimum Gasteiger partial charge on any atom is -0.333 e. The van der Waals surface area contributed by atoms with E-state index in [2.05, 4.69) is 16.2 Å². The van der Waals surface area contributed by atoms with Gasteiger partial charge in [-0.1, -0.05) is 5.16 Å². The van der Waals surface area contributed by atoms with E-state index in [-0.39, 0.29) is 6.04 Å². The third-order valence-corrected chi connectivity index (χ3v) is 5.05. The molecule has 1 unspecified atom stereocenters. The van der Waals surface area contributed by atoms with Crippen molar-refractivity contribution in [3.05, 3.63) is 22.3 Å². The lowest BCUT2D eigenvalue weighted by molar-refractivity contribution is 0.412. The van der Waals surface area contributed by atoms with E-state index in [1.165, 1.54) is 42.5 Å². The van der Waals surface area contributed by atoms with E-state index >= 15 is 0 Å². The van der Waals surface area contributed by atoms with Crippen LogP contribution in [0.4, 0.5) is 0 Å². The fourth-order valence-electron chi connectivity index (χ4n) is 2.57. The maximum atomic E-state index is 6.08. The molecule has 2 aromatic heterocycles. The smallest absolute Gasteiger partial charge is 0.268 e. The summed E-state index contributed by atoms with van der Waals surface area (Å²) in [4.78, 5) is 7.04. The van der Waals surface area contributed by atoms with E-state index < -0.39 is 0 Å². The molecule has 4 rings (SSSR count). The Morgan fingerprint density at radius 3 is 3.06 bits per heavy atom. The average Bonchev–Trinajstić information content (AvgIpc) is 2.76. The number of nitrogens with zero attached hydrogens (tertiary/aromatic N) is 2. The van der Waals surface area contributed by atoms with Gasteiger partial charge >= 0.3 is 0 Å². The normalized spacial score (nSPS) is 20.1. The molecule has 2 aliphatic carbocycles. The Labute approximate surface area is 109 Å². The number of thiophene rings is 1. The van der Waals surface area contributed by atoms with Gasteiger partial charge in [-0.25, -0.2) is 0 Å². The van der Waals surface area contributed by atoms with Crippen LogP contribution in [-0.4, -0.2) is 10.1 Å². The van der Waals surface area contributed by atoms with E-state index in [0.717, 1.165) is 4.88 Å². The van der Waals surface area contributed by atoms with E-state index in [9.17, 15) is 0 Å². The first-order valence-corrected chi connectivity index (χ1v) is 7.34. The van der Waals surface area contributed by atoms with Crippen LogP contribution in [-0.2, 0) is 12.8 Å². The standard InChI is InChI=1S/C13H15N3OS/c14-11(7-4-5-7)12-15-13(17-16-12)10-6-8-2-1-3-9(8)18-10/h6-7,11H,1-5,14H2. The van der Waals surface area contributed by atoms with Crippen molar-refractivity contribution in [3.63, 3.8) is 0 Å². The molecular weight excluding hydrogens is 246 g/mol. The monoisotopic (exact) mass is 261 g/mol. The van der Waals surface area contributed by atoms with Gasteiger partial charge in [0, 0.05) is 4.88 Å². The second kappa shape index (κ2) is 3.90. The fraction of sp³-hybridized carbons (Fsp3) is 0.538. The van der Waals surface area contributed by atoms with Crippen molar-refractivity contribution in [3.8, 4) is 10.8 Å². The molecule has 18 heavy (non-hydrogen) atoms. The quantitative estimate of drug-likeness (QED) is 0.922. The molecule has 4 nitrogen and oxygen atoms in total. The van der Waals surface area contributed by atoms with Crippen LogP contribution in [0.5, 0.6) is 0 Å². The highest BCUT2D eigenvalue weighted by atomic mass is 32.1. The second-order valence-corrected chi connectivity index (χ2v) is 6.37. The summed E-state index contributed by atoms with van der Waals surface area (Å²) in [5, 5.41) is 4.03. The van der Waals surface area contributed by atoms with Crippen molar-refractivity contribution in [2.24, 2.45) is 11.7 Å². The van der Waals surface area contributed by atoms with E-state index in [4.69, 9.17) is 10.3 Å². The van der Waals surface area contributed by atoms with Gasteiger partial charge in [-0.2, -0.15) is 4.98 Å². The zero-order valence-corrected chi connectivity index (χ0v) is 10.9. The molecule has 0 spiro atoms. The molecule has 94 valence electrons. The number of nitrogens with two attached hydrogens (primary N) is 1. The first-order chi connectivity index (χ1) is 8.81. The molecule has 0 aromatic carbocycles. The van der Waals surface area contributed by atoms with Crippen molar-refractivity contribution in [1.82, 2.24) is 10.1 Å². The highest BCUT2D eigenvalue weighted by molar-refractivity contribution is 7.15. The molecule has 2 heterocycles. The minimum atomic E-state index is -0.0469. The molecule has 0 amide bonds. The topological polar surface area (TPSA) is 64.9 Å². The summed E-state index contributed by atoms with van der Waals surface area (Å²) >= 11 is 1.79.